The van der Waals surface area contributed by atoms with Crippen LogP contribution in [0.5, 0.6) is 0 Å². The maximum absolute atomic E-state index is 13.2. The molecule has 1 fully saturated rings. The van der Waals surface area contributed by atoms with Crippen molar-refractivity contribution in [1.29, 1.82) is 0 Å². The summed E-state index contributed by atoms with van der Waals surface area (Å²) in [6, 6.07) is 15.4. The number of halogens is 1. The lowest BCUT2D eigenvalue weighted by molar-refractivity contribution is -0.149. The topological polar surface area (TPSA) is 112 Å². The van der Waals surface area contributed by atoms with E-state index in [1.807, 2.05) is 43.0 Å². The van der Waals surface area contributed by atoms with Crippen LogP contribution in [0.2, 0.25) is 5.02 Å². The Morgan fingerprint density at radius 2 is 1.91 bits per heavy atom. The number of piperidine rings is 1. The molecule has 3 aromatic rings. The Morgan fingerprint density at radius 1 is 1.14 bits per heavy atom. The summed E-state index contributed by atoms with van der Waals surface area (Å²) in [5.74, 6) is -0.293. The Labute approximate surface area is 210 Å². The lowest BCUT2D eigenvalue weighted by atomic mass is 9.77. The maximum atomic E-state index is 13.2. The van der Waals surface area contributed by atoms with Crippen LogP contribution in [0.1, 0.15) is 31.7 Å². The first-order chi connectivity index (χ1) is 16.6. The SMILES string of the molecule is CCC1(C(=O)O)CCCN(c2cccc(S(=O)(=O)Nc3ccc(Cl)c(-c4ccccc4C)n3)n2)C1. The zero-order chi connectivity index (χ0) is 25.2. The molecule has 1 saturated heterocycles. The lowest BCUT2D eigenvalue weighted by Crippen LogP contribution is -2.48. The highest BCUT2D eigenvalue weighted by Gasteiger charge is 2.41. The van der Waals surface area contributed by atoms with Gasteiger partial charge in [-0.1, -0.05) is 48.9 Å². The molecule has 3 heterocycles. The average Bonchev–Trinajstić information content (AvgIpc) is 2.85. The molecule has 1 aromatic carbocycles. The molecule has 0 amide bonds. The molecule has 184 valence electrons. The number of carbonyl (C=O) groups is 1. The molecule has 2 aromatic heterocycles. The number of sulfonamides is 1. The van der Waals surface area contributed by atoms with Gasteiger partial charge in [0.2, 0.25) is 0 Å². The molecule has 4 rings (SSSR count). The van der Waals surface area contributed by atoms with Crippen molar-refractivity contribution in [3.63, 3.8) is 0 Å². The Morgan fingerprint density at radius 3 is 2.63 bits per heavy atom. The van der Waals surface area contributed by atoms with Crippen LogP contribution < -0.4 is 9.62 Å². The number of hydrogen-bond donors (Lipinski definition) is 2. The van der Waals surface area contributed by atoms with Gasteiger partial charge in [0.05, 0.1) is 16.1 Å². The number of carboxylic acid groups (broad SMARTS) is 1. The summed E-state index contributed by atoms with van der Waals surface area (Å²) in [4.78, 5) is 22.6. The number of aryl methyl sites for hydroxylation is 1. The summed E-state index contributed by atoms with van der Waals surface area (Å²) in [5.41, 5.74) is 1.38. The summed E-state index contributed by atoms with van der Waals surface area (Å²) in [7, 11) is -4.06. The molecule has 1 aliphatic rings. The smallest absolute Gasteiger partial charge is 0.311 e. The number of aliphatic carboxylic acids is 1. The molecule has 0 spiro atoms. The quantitative estimate of drug-likeness (QED) is 0.456. The van der Waals surface area contributed by atoms with Gasteiger partial charge in [0.15, 0.2) is 5.03 Å². The summed E-state index contributed by atoms with van der Waals surface area (Å²) in [5, 5.41) is 10.0. The second-order valence-corrected chi connectivity index (χ2v) is 10.8. The first-order valence-corrected chi connectivity index (χ1v) is 13.2. The molecule has 2 N–H and O–H groups in total. The Kier molecular flexibility index (Phi) is 7.00. The Balaban J connectivity index is 1.61. The highest BCUT2D eigenvalue weighted by Crippen LogP contribution is 2.36. The minimum absolute atomic E-state index is 0.119. The van der Waals surface area contributed by atoms with E-state index in [0.29, 0.717) is 42.3 Å². The molecule has 1 atom stereocenters. The number of nitrogens with zero attached hydrogens (tertiary/aromatic N) is 3. The third-order valence-electron chi connectivity index (χ3n) is 6.50. The van der Waals surface area contributed by atoms with Gasteiger partial charge in [0.25, 0.3) is 10.0 Å². The predicted octanol–water partition coefficient (Wildman–Crippen LogP) is 4.99. The van der Waals surface area contributed by atoms with E-state index in [0.717, 1.165) is 11.1 Å². The first-order valence-electron chi connectivity index (χ1n) is 11.4. The van der Waals surface area contributed by atoms with Crippen LogP contribution in [0.4, 0.5) is 11.6 Å². The average molecular weight is 515 g/mol. The Hall–Kier alpha value is -3.17. The number of rotatable bonds is 7. The van der Waals surface area contributed by atoms with Crippen LogP contribution in [0.25, 0.3) is 11.3 Å². The van der Waals surface area contributed by atoms with Crippen LogP contribution in [-0.2, 0) is 14.8 Å². The van der Waals surface area contributed by atoms with E-state index in [9.17, 15) is 18.3 Å². The molecule has 35 heavy (non-hydrogen) atoms. The highest BCUT2D eigenvalue weighted by atomic mass is 35.5. The van der Waals surface area contributed by atoms with Crippen molar-refractivity contribution in [2.45, 2.75) is 38.1 Å². The third kappa shape index (κ3) is 5.11. The summed E-state index contributed by atoms with van der Waals surface area (Å²) in [6.07, 6.45) is 1.76. The Bertz CT molecular complexity index is 1370. The molecule has 8 nitrogen and oxygen atoms in total. The van der Waals surface area contributed by atoms with Crippen LogP contribution in [0.3, 0.4) is 0 Å². The van der Waals surface area contributed by atoms with Gasteiger partial charge in [-0.2, -0.15) is 8.42 Å². The van der Waals surface area contributed by atoms with Crippen molar-refractivity contribution < 1.29 is 18.3 Å². The van der Waals surface area contributed by atoms with Gasteiger partial charge in [-0.15, -0.1) is 0 Å². The monoisotopic (exact) mass is 514 g/mol. The van der Waals surface area contributed by atoms with Gasteiger partial charge in [0, 0.05) is 18.7 Å². The van der Waals surface area contributed by atoms with Crippen LogP contribution in [-0.4, -0.2) is 42.6 Å². The summed E-state index contributed by atoms with van der Waals surface area (Å²) in [6.45, 7) is 4.68. The molecule has 0 radical (unpaired) electrons. The van der Waals surface area contributed by atoms with Gasteiger partial charge >= 0.3 is 5.97 Å². The molecule has 1 unspecified atom stereocenters. The minimum atomic E-state index is -4.06. The maximum Gasteiger partial charge on any atom is 0.311 e. The number of anilines is 2. The lowest BCUT2D eigenvalue weighted by Gasteiger charge is -2.40. The van der Waals surface area contributed by atoms with Crippen LogP contribution >= 0.6 is 11.6 Å². The zero-order valence-electron chi connectivity index (χ0n) is 19.5. The zero-order valence-corrected chi connectivity index (χ0v) is 21.1. The minimum Gasteiger partial charge on any atom is -0.481 e. The standard InChI is InChI=1S/C25H27ClN4O4S/c1-3-25(24(31)32)14-7-15-30(16-25)21-10-6-11-22(28-21)35(33,34)29-20-13-12-19(26)23(27-20)18-9-5-4-8-17(18)2/h4-6,8-13H,3,7,14-16H2,1-2H3,(H,27,29)(H,31,32). The fraction of sp³-hybridized carbons (Fsp3) is 0.320. The van der Waals surface area contributed by atoms with E-state index in [1.54, 1.807) is 18.2 Å². The van der Waals surface area contributed by atoms with E-state index in [4.69, 9.17) is 11.6 Å². The fourth-order valence-corrected chi connectivity index (χ4v) is 5.56. The van der Waals surface area contributed by atoms with Crippen LogP contribution in [0, 0.1) is 12.3 Å². The van der Waals surface area contributed by atoms with Crippen molar-refractivity contribution in [2.24, 2.45) is 5.41 Å². The number of pyridine rings is 2. The number of carboxylic acids is 1. The van der Waals surface area contributed by atoms with Gasteiger partial charge in [-0.05, 0) is 56.0 Å². The highest BCUT2D eigenvalue weighted by molar-refractivity contribution is 7.92. The van der Waals surface area contributed by atoms with Gasteiger partial charge in [0.1, 0.15) is 11.6 Å². The number of nitrogens with one attached hydrogen (secondary N) is 1. The number of hydrogen-bond acceptors (Lipinski definition) is 6. The second kappa shape index (κ2) is 9.83. The van der Waals surface area contributed by atoms with Crippen LogP contribution in [0.15, 0.2) is 59.6 Å². The molecule has 0 saturated carbocycles. The molecule has 10 heteroatoms. The number of benzene rings is 1. The van der Waals surface area contributed by atoms with E-state index in [2.05, 4.69) is 14.7 Å². The largest absolute Gasteiger partial charge is 0.481 e. The first kappa shape index (κ1) is 24.9. The normalized spacial score (nSPS) is 18.3. The van der Waals surface area contributed by atoms with Crippen molar-refractivity contribution in [3.8, 4) is 11.3 Å². The van der Waals surface area contributed by atoms with Gasteiger partial charge < -0.3 is 10.0 Å². The second-order valence-electron chi connectivity index (χ2n) is 8.75. The third-order valence-corrected chi connectivity index (χ3v) is 8.06. The molecular formula is C25H27ClN4O4S. The predicted molar refractivity (Wildman–Crippen MR) is 136 cm³/mol. The van der Waals surface area contributed by atoms with E-state index in [-0.39, 0.29) is 17.4 Å². The summed E-state index contributed by atoms with van der Waals surface area (Å²) >= 11 is 6.36. The molecule has 0 aliphatic carbocycles. The fourth-order valence-electron chi connectivity index (χ4n) is 4.39. The van der Waals surface area contributed by atoms with E-state index >= 15 is 0 Å². The number of aromatic nitrogens is 2. The van der Waals surface area contributed by atoms with Gasteiger partial charge in [-0.3, -0.25) is 9.52 Å². The van der Waals surface area contributed by atoms with Crippen molar-refractivity contribution in [1.82, 2.24) is 9.97 Å². The van der Waals surface area contributed by atoms with E-state index < -0.39 is 21.4 Å². The van der Waals surface area contributed by atoms with Crippen molar-refractivity contribution in [2.75, 3.05) is 22.7 Å². The van der Waals surface area contributed by atoms with E-state index in [1.165, 1.54) is 12.1 Å². The van der Waals surface area contributed by atoms with Gasteiger partial charge in [-0.25, -0.2) is 9.97 Å². The van der Waals surface area contributed by atoms with Crippen molar-refractivity contribution >= 4 is 39.2 Å². The summed E-state index contributed by atoms with van der Waals surface area (Å²) < 4.78 is 28.8. The van der Waals surface area contributed by atoms with Crippen molar-refractivity contribution in [3.05, 3.63) is 65.2 Å². The molecular weight excluding hydrogens is 488 g/mol. The molecule has 1 aliphatic heterocycles. The molecule has 0 bridgehead atoms.